The van der Waals surface area contributed by atoms with Crippen LogP contribution >= 0.6 is 11.6 Å². The second-order valence-corrected chi connectivity index (χ2v) is 6.46. The van der Waals surface area contributed by atoms with Crippen LogP contribution in [0.5, 0.6) is 17.2 Å². The van der Waals surface area contributed by atoms with E-state index in [1.807, 2.05) is 32.9 Å². The first-order chi connectivity index (χ1) is 12.3. The van der Waals surface area contributed by atoms with Gasteiger partial charge in [0.2, 0.25) is 0 Å². The number of amides is 1. The maximum Gasteiger partial charge on any atom is 0.258 e. The zero-order valence-corrected chi connectivity index (χ0v) is 16.4. The van der Waals surface area contributed by atoms with Crippen LogP contribution in [0, 0.1) is 13.8 Å². The van der Waals surface area contributed by atoms with Gasteiger partial charge >= 0.3 is 0 Å². The van der Waals surface area contributed by atoms with Gasteiger partial charge < -0.3 is 19.5 Å². The molecule has 0 radical (unpaired) electrons. The third-order valence-corrected chi connectivity index (χ3v) is 4.54. The van der Waals surface area contributed by atoms with Crippen LogP contribution < -0.4 is 19.5 Å². The standard InChI is InChI=1S/C20H24ClNO4/c1-12-9-18(24-4)19(25-5)10-16(12)14(3)22-20(23)11-26-15-6-7-17(21)13(2)8-15/h6-10,14H,11H2,1-5H3,(H,22,23). The Morgan fingerprint density at radius 2 is 1.73 bits per heavy atom. The van der Waals surface area contributed by atoms with Gasteiger partial charge in [-0.05, 0) is 67.8 Å². The topological polar surface area (TPSA) is 56.8 Å². The van der Waals surface area contributed by atoms with Crippen molar-refractivity contribution in [1.29, 1.82) is 0 Å². The Morgan fingerprint density at radius 3 is 2.35 bits per heavy atom. The number of methoxy groups -OCH3 is 2. The SMILES string of the molecule is COc1cc(C)c(C(C)NC(=O)COc2ccc(Cl)c(C)c2)cc1OC. The van der Waals surface area contributed by atoms with Crippen LogP contribution in [0.25, 0.3) is 0 Å². The van der Waals surface area contributed by atoms with Gasteiger partial charge in [0.15, 0.2) is 18.1 Å². The molecule has 0 aliphatic carbocycles. The molecular weight excluding hydrogens is 354 g/mol. The summed E-state index contributed by atoms with van der Waals surface area (Å²) in [7, 11) is 3.18. The molecule has 0 bridgehead atoms. The first-order valence-corrected chi connectivity index (χ1v) is 8.64. The van der Waals surface area contributed by atoms with Gasteiger partial charge in [0.25, 0.3) is 5.91 Å². The minimum Gasteiger partial charge on any atom is -0.493 e. The van der Waals surface area contributed by atoms with Crippen molar-refractivity contribution in [2.24, 2.45) is 0 Å². The summed E-state index contributed by atoms with van der Waals surface area (Å²) in [6.07, 6.45) is 0. The second kappa shape index (κ2) is 8.81. The monoisotopic (exact) mass is 377 g/mol. The van der Waals surface area contributed by atoms with Crippen molar-refractivity contribution in [3.05, 3.63) is 52.0 Å². The molecule has 0 spiro atoms. The van der Waals surface area contributed by atoms with Crippen molar-refractivity contribution in [2.75, 3.05) is 20.8 Å². The van der Waals surface area contributed by atoms with Crippen molar-refractivity contribution in [1.82, 2.24) is 5.32 Å². The smallest absolute Gasteiger partial charge is 0.258 e. The number of benzene rings is 2. The zero-order valence-electron chi connectivity index (χ0n) is 15.7. The Morgan fingerprint density at radius 1 is 1.08 bits per heavy atom. The number of carbonyl (C=O) groups excluding carboxylic acids is 1. The molecular formula is C20H24ClNO4. The molecule has 0 aromatic heterocycles. The maximum atomic E-state index is 12.2. The molecule has 140 valence electrons. The highest BCUT2D eigenvalue weighted by molar-refractivity contribution is 6.31. The summed E-state index contributed by atoms with van der Waals surface area (Å²) in [5.41, 5.74) is 2.86. The van der Waals surface area contributed by atoms with Crippen molar-refractivity contribution < 1.29 is 19.0 Å². The van der Waals surface area contributed by atoms with Crippen molar-refractivity contribution in [3.63, 3.8) is 0 Å². The summed E-state index contributed by atoms with van der Waals surface area (Å²) in [5.74, 6) is 1.69. The molecule has 1 N–H and O–H groups in total. The first-order valence-electron chi connectivity index (χ1n) is 8.26. The van der Waals surface area contributed by atoms with Crippen LogP contribution in [0.3, 0.4) is 0 Å². The summed E-state index contributed by atoms with van der Waals surface area (Å²) in [6.45, 7) is 5.69. The molecule has 2 aromatic rings. The molecule has 0 saturated heterocycles. The number of ether oxygens (including phenoxy) is 3. The number of aryl methyl sites for hydroxylation is 2. The number of halogens is 1. The Bertz CT molecular complexity index is 792. The first kappa shape index (κ1) is 19.9. The fourth-order valence-electron chi connectivity index (χ4n) is 2.68. The molecule has 1 unspecified atom stereocenters. The molecule has 1 amide bonds. The highest BCUT2D eigenvalue weighted by Gasteiger charge is 2.16. The normalized spacial score (nSPS) is 11.6. The number of nitrogens with one attached hydrogen (secondary N) is 1. The minimum absolute atomic E-state index is 0.0717. The zero-order chi connectivity index (χ0) is 19.3. The van der Waals surface area contributed by atoms with Crippen LogP contribution in [-0.2, 0) is 4.79 Å². The van der Waals surface area contributed by atoms with Crippen molar-refractivity contribution in [2.45, 2.75) is 26.8 Å². The quantitative estimate of drug-likeness (QED) is 0.784. The lowest BCUT2D eigenvalue weighted by molar-refractivity contribution is -0.123. The Kier molecular flexibility index (Phi) is 6.75. The third kappa shape index (κ3) is 4.82. The van der Waals surface area contributed by atoms with Gasteiger partial charge in [-0.2, -0.15) is 0 Å². The Labute approximate surface area is 159 Å². The van der Waals surface area contributed by atoms with Crippen LogP contribution in [0.1, 0.15) is 29.7 Å². The van der Waals surface area contributed by atoms with E-state index in [2.05, 4.69) is 5.32 Å². The number of hydrogen-bond donors (Lipinski definition) is 1. The van der Waals surface area contributed by atoms with E-state index < -0.39 is 0 Å². The fourth-order valence-corrected chi connectivity index (χ4v) is 2.80. The number of rotatable bonds is 7. The highest BCUT2D eigenvalue weighted by atomic mass is 35.5. The molecule has 2 rings (SSSR count). The number of carbonyl (C=O) groups is 1. The maximum absolute atomic E-state index is 12.2. The van der Waals surface area contributed by atoms with Crippen LogP contribution in [-0.4, -0.2) is 26.7 Å². The lowest BCUT2D eigenvalue weighted by atomic mass is 10.0. The van der Waals surface area contributed by atoms with Crippen molar-refractivity contribution >= 4 is 17.5 Å². The van der Waals surface area contributed by atoms with E-state index in [1.54, 1.807) is 32.4 Å². The van der Waals surface area contributed by atoms with E-state index >= 15 is 0 Å². The van der Waals surface area contributed by atoms with Gasteiger partial charge in [-0.3, -0.25) is 4.79 Å². The molecule has 2 aromatic carbocycles. The van der Waals surface area contributed by atoms with Gasteiger partial charge in [-0.15, -0.1) is 0 Å². The molecule has 6 heteroatoms. The Balaban J connectivity index is 2.01. The second-order valence-electron chi connectivity index (χ2n) is 6.05. The summed E-state index contributed by atoms with van der Waals surface area (Å²) in [5, 5.41) is 3.60. The van der Waals surface area contributed by atoms with Crippen molar-refractivity contribution in [3.8, 4) is 17.2 Å². The summed E-state index contributed by atoms with van der Waals surface area (Å²) in [6, 6.07) is 8.87. The largest absolute Gasteiger partial charge is 0.493 e. The van der Waals surface area contributed by atoms with Crippen LogP contribution in [0.2, 0.25) is 5.02 Å². The molecule has 26 heavy (non-hydrogen) atoms. The van der Waals surface area contributed by atoms with E-state index in [1.165, 1.54) is 0 Å². The van der Waals surface area contributed by atoms with Gasteiger partial charge in [0.05, 0.1) is 20.3 Å². The molecule has 0 heterocycles. The predicted molar refractivity (Wildman–Crippen MR) is 103 cm³/mol. The lowest BCUT2D eigenvalue weighted by Crippen LogP contribution is -2.31. The molecule has 0 saturated carbocycles. The van der Waals surface area contributed by atoms with E-state index in [4.69, 9.17) is 25.8 Å². The summed E-state index contributed by atoms with van der Waals surface area (Å²) < 4.78 is 16.2. The van der Waals surface area contributed by atoms with Gasteiger partial charge in [0.1, 0.15) is 5.75 Å². The third-order valence-electron chi connectivity index (χ3n) is 4.12. The van der Waals surface area contributed by atoms with E-state index in [0.29, 0.717) is 22.3 Å². The summed E-state index contributed by atoms with van der Waals surface area (Å²) >= 11 is 5.99. The van der Waals surface area contributed by atoms with Crippen LogP contribution in [0.4, 0.5) is 0 Å². The minimum atomic E-state index is -0.209. The molecule has 0 fully saturated rings. The summed E-state index contributed by atoms with van der Waals surface area (Å²) in [4.78, 5) is 12.2. The van der Waals surface area contributed by atoms with E-state index in [0.717, 1.165) is 16.7 Å². The molecule has 5 nitrogen and oxygen atoms in total. The fraction of sp³-hybridized carbons (Fsp3) is 0.350. The Hall–Kier alpha value is -2.40. The van der Waals surface area contributed by atoms with Gasteiger partial charge in [0, 0.05) is 5.02 Å². The van der Waals surface area contributed by atoms with Gasteiger partial charge in [-0.25, -0.2) is 0 Å². The van der Waals surface area contributed by atoms with Crippen LogP contribution in [0.15, 0.2) is 30.3 Å². The average Bonchev–Trinajstić information content (AvgIpc) is 2.62. The molecule has 1 atom stereocenters. The molecule has 0 aliphatic rings. The van der Waals surface area contributed by atoms with Gasteiger partial charge in [-0.1, -0.05) is 11.6 Å². The number of hydrogen-bond acceptors (Lipinski definition) is 4. The average molecular weight is 378 g/mol. The predicted octanol–water partition coefficient (Wildman–Crippen LogP) is 4.23. The highest BCUT2D eigenvalue weighted by Crippen LogP contribution is 2.32. The van der Waals surface area contributed by atoms with E-state index in [-0.39, 0.29) is 18.6 Å². The lowest BCUT2D eigenvalue weighted by Gasteiger charge is -2.19. The molecule has 0 aliphatic heterocycles. The van der Waals surface area contributed by atoms with E-state index in [9.17, 15) is 4.79 Å².